The summed E-state index contributed by atoms with van der Waals surface area (Å²) < 4.78 is 0. The van der Waals surface area contributed by atoms with E-state index >= 15 is 0 Å². The molecule has 0 aliphatic heterocycles. The Hall–Kier alpha value is -0.310. The molecule has 0 bridgehead atoms. The molecule has 0 amide bonds. The van der Waals surface area contributed by atoms with Crippen molar-refractivity contribution in [3.05, 3.63) is 0 Å². The van der Waals surface area contributed by atoms with Crippen LogP contribution in [0.1, 0.15) is 77.0 Å². The van der Waals surface area contributed by atoms with Crippen molar-refractivity contribution in [1.29, 1.82) is 0 Å². The van der Waals surface area contributed by atoms with E-state index in [0.717, 1.165) is 44.1 Å². The SMILES string of the molecule is O=CCCCCSC1CCCCC1C(=O)C1CCCCC1. The van der Waals surface area contributed by atoms with Crippen LogP contribution in [0.4, 0.5) is 0 Å². The van der Waals surface area contributed by atoms with Gasteiger partial charge in [-0.05, 0) is 44.3 Å². The number of unbranched alkanes of at least 4 members (excludes halogenated alkanes) is 2. The van der Waals surface area contributed by atoms with Crippen LogP contribution < -0.4 is 0 Å². The second kappa shape index (κ2) is 9.66. The lowest BCUT2D eigenvalue weighted by molar-refractivity contribution is -0.128. The molecule has 0 saturated heterocycles. The molecule has 0 radical (unpaired) electrons. The summed E-state index contributed by atoms with van der Waals surface area (Å²) in [6.45, 7) is 0. The van der Waals surface area contributed by atoms with Crippen molar-refractivity contribution in [2.24, 2.45) is 11.8 Å². The van der Waals surface area contributed by atoms with E-state index in [1.54, 1.807) is 0 Å². The highest BCUT2D eigenvalue weighted by Gasteiger charge is 2.35. The van der Waals surface area contributed by atoms with Crippen LogP contribution in [-0.4, -0.2) is 23.1 Å². The van der Waals surface area contributed by atoms with Crippen LogP contribution in [0.25, 0.3) is 0 Å². The Morgan fingerprint density at radius 1 is 0.952 bits per heavy atom. The van der Waals surface area contributed by atoms with Crippen LogP contribution in [0, 0.1) is 11.8 Å². The van der Waals surface area contributed by atoms with E-state index in [9.17, 15) is 9.59 Å². The van der Waals surface area contributed by atoms with E-state index in [4.69, 9.17) is 0 Å². The minimum absolute atomic E-state index is 0.331. The van der Waals surface area contributed by atoms with Crippen molar-refractivity contribution >= 4 is 23.8 Å². The molecule has 3 heteroatoms. The van der Waals surface area contributed by atoms with E-state index in [0.29, 0.717) is 29.3 Å². The third-order valence-corrected chi connectivity index (χ3v) is 6.64. The second-order valence-corrected chi connectivity index (χ2v) is 8.05. The molecule has 0 heterocycles. The summed E-state index contributed by atoms with van der Waals surface area (Å²) in [6.07, 6.45) is 14.8. The molecule has 0 aromatic rings. The molecule has 0 aromatic carbocycles. The molecule has 120 valence electrons. The van der Waals surface area contributed by atoms with Crippen molar-refractivity contribution in [2.75, 3.05) is 5.75 Å². The van der Waals surface area contributed by atoms with Gasteiger partial charge in [-0.1, -0.05) is 32.1 Å². The second-order valence-electron chi connectivity index (χ2n) is 6.70. The van der Waals surface area contributed by atoms with Crippen molar-refractivity contribution in [1.82, 2.24) is 0 Å². The zero-order chi connectivity index (χ0) is 14.9. The molecule has 0 spiro atoms. The molecule has 2 atom stereocenters. The Bertz CT molecular complexity index is 323. The number of hydrogen-bond acceptors (Lipinski definition) is 3. The zero-order valence-electron chi connectivity index (χ0n) is 13.2. The first-order chi connectivity index (χ1) is 10.3. The van der Waals surface area contributed by atoms with Gasteiger partial charge < -0.3 is 4.79 Å². The highest BCUT2D eigenvalue weighted by molar-refractivity contribution is 7.99. The van der Waals surface area contributed by atoms with Crippen molar-refractivity contribution in [3.63, 3.8) is 0 Å². The number of carbonyl (C=O) groups is 2. The summed E-state index contributed by atoms with van der Waals surface area (Å²) in [5.41, 5.74) is 0. The minimum atomic E-state index is 0.331. The normalized spacial score (nSPS) is 27.4. The lowest BCUT2D eigenvalue weighted by atomic mass is 9.76. The van der Waals surface area contributed by atoms with Crippen molar-refractivity contribution < 1.29 is 9.59 Å². The molecule has 21 heavy (non-hydrogen) atoms. The fourth-order valence-electron chi connectivity index (χ4n) is 3.88. The van der Waals surface area contributed by atoms with Gasteiger partial charge in [0.2, 0.25) is 0 Å². The number of hydrogen-bond donors (Lipinski definition) is 0. The van der Waals surface area contributed by atoms with Gasteiger partial charge in [0.05, 0.1) is 0 Å². The average Bonchev–Trinajstić information content (AvgIpc) is 2.55. The Morgan fingerprint density at radius 3 is 2.43 bits per heavy atom. The molecular weight excluding hydrogens is 280 g/mol. The van der Waals surface area contributed by atoms with Crippen LogP contribution >= 0.6 is 11.8 Å². The molecule has 2 saturated carbocycles. The van der Waals surface area contributed by atoms with Gasteiger partial charge in [-0.2, -0.15) is 11.8 Å². The number of Topliss-reactive ketones (excluding diaryl/α,β-unsaturated/α-hetero) is 1. The zero-order valence-corrected chi connectivity index (χ0v) is 14.0. The maximum atomic E-state index is 12.8. The molecule has 0 N–H and O–H groups in total. The quantitative estimate of drug-likeness (QED) is 0.477. The third kappa shape index (κ3) is 5.43. The monoisotopic (exact) mass is 310 g/mol. The maximum absolute atomic E-state index is 12.8. The number of thioether (sulfide) groups is 1. The number of rotatable bonds is 8. The minimum Gasteiger partial charge on any atom is -0.303 e. The van der Waals surface area contributed by atoms with E-state index in [-0.39, 0.29) is 0 Å². The first-order valence-corrected chi connectivity index (χ1v) is 9.96. The highest BCUT2D eigenvalue weighted by Crippen LogP contribution is 2.38. The first-order valence-electron chi connectivity index (χ1n) is 8.92. The van der Waals surface area contributed by atoms with Gasteiger partial charge in [0.1, 0.15) is 12.1 Å². The van der Waals surface area contributed by atoms with Gasteiger partial charge in [0.15, 0.2) is 0 Å². The Balaban J connectivity index is 1.79. The lowest BCUT2D eigenvalue weighted by Gasteiger charge is -2.33. The number of ketones is 1. The van der Waals surface area contributed by atoms with Gasteiger partial charge in [0, 0.05) is 23.5 Å². The summed E-state index contributed by atoms with van der Waals surface area (Å²) in [7, 11) is 0. The first kappa shape index (κ1) is 17.1. The molecule has 2 unspecified atom stereocenters. The number of carbonyl (C=O) groups excluding carboxylic acids is 2. The molecule has 2 aliphatic rings. The fraction of sp³-hybridized carbons (Fsp3) is 0.889. The van der Waals surface area contributed by atoms with Gasteiger partial charge >= 0.3 is 0 Å². The largest absolute Gasteiger partial charge is 0.303 e. The predicted molar refractivity (Wildman–Crippen MR) is 89.7 cm³/mol. The molecular formula is C18H30O2S. The van der Waals surface area contributed by atoms with Crippen LogP contribution in [0.3, 0.4) is 0 Å². The van der Waals surface area contributed by atoms with Crippen LogP contribution in [0.5, 0.6) is 0 Å². The highest BCUT2D eigenvalue weighted by atomic mass is 32.2. The lowest BCUT2D eigenvalue weighted by Crippen LogP contribution is -2.34. The topological polar surface area (TPSA) is 34.1 Å². The predicted octanol–water partition coefficient (Wildman–Crippen LogP) is 4.80. The Labute approximate surface area is 133 Å². The van der Waals surface area contributed by atoms with Crippen LogP contribution in [-0.2, 0) is 9.59 Å². The van der Waals surface area contributed by atoms with E-state index < -0.39 is 0 Å². The Morgan fingerprint density at radius 2 is 1.67 bits per heavy atom. The van der Waals surface area contributed by atoms with Crippen LogP contribution in [0.15, 0.2) is 0 Å². The average molecular weight is 311 g/mol. The standard InChI is InChI=1S/C18H30O2S/c19-13-7-2-8-14-21-17-12-6-5-11-16(17)18(20)15-9-3-1-4-10-15/h13,15-17H,1-12,14H2. The van der Waals surface area contributed by atoms with Crippen molar-refractivity contribution in [2.45, 2.75) is 82.3 Å². The van der Waals surface area contributed by atoms with Gasteiger partial charge in [-0.3, -0.25) is 4.79 Å². The molecule has 2 fully saturated rings. The van der Waals surface area contributed by atoms with Gasteiger partial charge in [-0.15, -0.1) is 0 Å². The summed E-state index contributed by atoms with van der Waals surface area (Å²) in [4.78, 5) is 23.2. The van der Waals surface area contributed by atoms with E-state index in [1.807, 2.05) is 11.8 Å². The van der Waals surface area contributed by atoms with Crippen molar-refractivity contribution in [3.8, 4) is 0 Å². The number of aldehydes is 1. The van der Waals surface area contributed by atoms with Gasteiger partial charge in [-0.25, -0.2) is 0 Å². The molecule has 2 rings (SSSR count). The summed E-state index contributed by atoms with van der Waals surface area (Å²) >= 11 is 2.01. The fourth-order valence-corrected chi connectivity index (χ4v) is 5.39. The Kier molecular flexibility index (Phi) is 7.84. The summed E-state index contributed by atoms with van der Waals surface area (Å²) in [6, 6.07) is 0. The smallest absolute Gasteiger partial charge is 0.140 e. The van der Waals surface area contributed by atoms with E-state index in [2.05, 4.69) is 0 Å². The molecule has 2 nitrogen and oxygen atoms in total. The van der Waals surface area contributed by atoms with Crippen LogP contribution in [0.2, 0.25) is 0 Å². The summed E-state index contributed by atoms with van der Waals surface area (Å²) in [5, 5.41) is 0.560. The summed E-state index contributed by atoms with van der Waals surface area (Å²) in [5.74, 6) is 2.42. The third-order valence-electron chi connectivity index (χ3n) is 5.12. The maximum Gasteiger partial charge on any atom is 0.140 e. The molecule has 2 aliphatic carbocycles. The molecule has 0 aromatic heterocycles. The van der Waals surface area contributed by atoms with Gasteiger partial charge in [0.25, 0.3) is 0 Å². The van der Waals surface area contributed by atoms with E-state index in [1.165, 1.54) is 38.5 Å².